The van der Waals surface area contributed by atoms with Gasteiger partial charge in [0.25, 0.3) is 0 Å². The van der Waals surface area contributed by atoms with Crippen LogP contribution in [0, 0.1) is 0 Å². The van der Waals surface area contributed by atoms with Crippen molar-refractivity contribution in [1.29, 1.82) is 0 Å². The van der Waals surface area contributed by atoms with Crippen molar-refractivity contribution in [1.82, 2.24) is 10.6 Å². The van der Waals surface area contributed by atoms with Gasteiger partial charge < -0.3 is 15.4 Å². The maximum atomic E-state index is 10.4. The van der Waals surface area contributed by atoms with E-state index in [-0.39, 0.29) is 12.6 Å². The Balaban J connectivity index is 3.16. The highest BCUT2D eigenvalue weighted by atomic mass is 16.2. The fourth-order valence-electron chi connectivity index (χ4n) is 0.357. The third kappa shape index (κ3) is 4.80. The molecular formula is C5H10N2O2. The largest absolute Gasteiger partial charge is 0.338 e. The van der Waals surface area contributed by atoms with E-state index in [0.29, 0.717) is 12.8 Å². The van der Waals surface area contributed by atoms with Crippen molar-refractivity contribution in [2.75, 3.05) is 13.1 Å². The maximum absolute atomic E-state index is 10.4. The summed E-state index contributed by atoms with van der Waals surface area (Å²) in [6.07, 6.45) is 0.634. The number of carbonyl (C=O) groups excluding carboxylic acids is 2. The van der Waals surface area contributed by atoms with Crippen LogP contribution in [0.1, 0.15) is 6.92 Å². The minimum atomic E-state index is -0.301. The van der Waals surface area contributed by atoms with E-state index in [1.807, 2.05) is 0 Å². The summed E-state index contributed by atoms with van der Waals surface area (Å²) >= 11 is 0. The van der Waals surface area contributed by atoms with Crippen LogP contribution in [0.25, 0.3) is 0 Å². The molecule has 0 radical (unpaired) electrons. The normalized spacial score (nSPS) is 8.11. The standard InChI is InChI=1S/C5H10N2O2/c1-2-6-5(9)7-3-4-8/h4H,2-3H2,1H3,(H2,6,7,9). The van der Waals surface area contributed by atoms with Crippen LogP contribution in [-0.4, -0.2) is 25.4 Å². The molecule has 0 heterocycles. The number of nitrogens with one attached hydrogen (secondary N) is 2. The van der Waals surface area contributed by atoms with E-state index in [9.17, 15) is 9.59 Å². The molecule has 0 aliphatic rings. The molecule has 0 aliphatic heterocycles. The molecule has 4 heteroatoms. The minimum absolute atomic E-state index is 0.0752. The van der Waals surface area contributed by atoms with Gasteiger partial charge in [0.1, 0.15) is 6.29 Å². The zero-order valence-corrected chi connectivity index (χ0v) is 5.31. The Hall–Kier alpha value is -1.06. The van der Waals surface area contributed by atoms with Crippen LogP contribution in [0.4, 0.5) is 4.79 Å². The molecule has 4 nitrogen and oxygen atoms in total. The molecule has 0 unspecified atom stereocenters. The first-order valence-electron chi connectivity index (χ1n) is 2.76. The van der Waals surface area contributed by atoms with Crippen LogP contribution in [0.5, 0.6) is 0 Å². The topological polar surface area (TPSA) is 58.2 Å². The smallest absolute Gasteiger partial charge is 0.315 e. The third-order valence-corrected chi connectivity index (χ3v) is 0.683. The van der Waals surface area contributed by atoms with Gasteiger partial charge in [-0.1, -0.05) is 0 Å². The summed E-state index contributed by atoms with van der Waals surface area (Å²) in [5.41, 5.74) is 0. The number of urea groups is 1. The van der Waals surface area contributed by atoms with Gasteiger partial charge >= 0.3 is 6.03 Å². The molecule has 0 spiro atoms. The minimum Gasteiger partial charge on any atom is -0.338 e. The molecule has 0 saturated carbocycles. The Bertz CT molecular complexity index is 103. The van der Waals surface area contributed by atoms with E-state index in [0.717, 1.165) is 0 Å². The van der Waals surface area contributed by atoms with Gasteiger partial charge in [0.2, 0.25) is 0 Å². The quantitative estimate of drug-likeness (QED) is 0.506. The van der Waals surface area contributed by atoms with Crippen molar-refractivity contribution in [2.24, 2.45) is 0 Å². The number of rotatable bonds is 3. The Morgan fingerprint density at radius 1 is 1.56 bits per heavy atom. The van der Waals surface area contributed by atoms with Crippen LogP contribution in [0.15, 0.2) is 0 Å². The summed E-state index contributed by atoms with van der Waals surface area (Å²) < 4.78 is 0. The third-order valence-electron chi connectivity index (χ3n) is 0.683. The zero-order chi connectivity index (χ0) is 7.11. The number of carbonyl (C=O) groups is 2. The van der Waals surface area contributed by atoms with Gasteiger partial charge in [0.15, 0.2) is 0 Å². The average Bonchev–Trinajstić information content (AvgIpc) is 1.85. The Morgan fingerprint density at radius 3 is 2.67 bits per heavy atom. The van der Waals surface area contributed by atoms with E-state index in [4.69, 9.17) is 0 Å². The van der Waals surface area contributed by atoms with Crippen LogP contribution < -0.4 is 10.6 Å². The van der Waals surface area contributed by atoms with Gasteiger partial charge in [-0.2, -0.15) is 0 Å². The predicted octanol–water partition coefficient (Wildman–Crippen LogP) is -0.496. The fraction of sp³-hybridized carbons (Fsp3) is 0.600. The first kappa shape index (κ1) is 7.94. The number of hydrogen-bond donors (Lipinski definition) is 2. The summed E-state index contributed by atoms with van der Waals surface area (Å²) in [4.78, 5) is 20.1. The summed E-state index contributed by atoms with van der Waals surface area (Å²) in [7, 11) is 0. The van der Waals surface area contributed by atoms with Gasteiger partial charge in [-0.15, -0.1) is 0 Å². The van der Waals surface area contributed by atoms with E-state index in [1.54, 1.807) is 6.92 Å². The van der Waals surface area contributed by atoms with Gasteiger partial charge in [-0.25, -0.2) is 4.79 Å². The molecule has 0 rings (SSSR count). The Kier molecular flexibility index (Phi) is 4.49. The van der Waals surface area contributed by atoms with Gasteiger partial charge in [0.05, 0.1) is 6.54 Å². The highest BCUT2D eigenvalue weighted by molar-refractivity contribution is 5.76. The van der Waals surface area contributed by atoms with Gasteiger partial charge in [-0.05, 0) is 6.92 Å². The van der Waals surface area contributed by atoms with E-state index < -0.39 is 0 Å². The van der Waals surface area contributed by atoms with Crippen LogP contribution in [-0.2, 0) is 4.79 Å². The van der Waals surface area contributed by atoms with Crippen LogP contribution in [0.2, 0.25) is 0 Å². The van der Waals surface area contributed by atoms with Gasteiger partial charge in [-0.3, -0.25) is 0 Å². The lowest BCUT2D eigenvalue weighted by Crippen LogP contribution is -2.36. The lowest BCUT2D eigenvalue weighted by molar-refractivity contribution is -0.107. The average molecular weight is 130 g/mol. The summed E-state index contributed by atoms with van der Waals surface area (Å²) in [5, 5.41) is 4.79. The van der Waals surface area contributed by atoms with Gasteiger partial charge in [0, 0.05) is 6.54 Å². The molecule has 0 aliphatic carbocycles. The van der Waals surface area contributed by atoms with Crippen molar-refractivity contribution < 1.29 is 9.59 Å². The molecule has 52 valence electrons. The van der Waals surface area contributed by atoms with Crippen molar-refractivity contribution >= 4 is 12.3 Å². The molecule has 2 N–H and O–H groups in total. The van der Waals surface area contributed by atoms with Crippen molar-refractivity contribution in [2.45, 2.75) is 6.92 Å². The van der Waals surface area contributed by atoms with E-state index in [1.165, 1.54) is 0 Å². The van der Waals surface area contributed by atoms with E-state index in [2.05, 4.69) is 10.6 Å². The second kappa shape index (κ2) is 5.08. The molecule has 0 fully saturated rings. The summed E-state index contributed by atoms with van der Waals surface area (Å²) in [5.74, 6) is 0. The SMILES string of the molecule is CCNC(=O)NCC=O. The monoisotopic (exact) mass is 130 g/mol. The lowest BCUT2D eigenvalue weighted by Gasteiger charge is -1.99. The zero-order valence-electron chi connectivity index (χ0n) is 5.31. The molecule has 0 atom stereocenters. The molecule has 0 aromatic carbocycles. The summed E-state index contributed by atoms with van der Waals surface area (Å²) in [6.45, 7) is 2.46. The number of hydrogen-bond acceptors (Lipinski definition) is 2. The molecular weight excluding hydrogens is 120 g/mol. The van der Waals surface area contributed by atoms with Crippen molar-refractivity contribution in [3.8, 4) is 0 Å². The Morgan fingerprint density at radius 2 is 2.22 bits per heavy atom. The summed E-state index contributed by atoms with van der Waals surface area (Å²) in [6, 6.07) is -0.301. The Labute approximate surface area is 53.6 Å². The predicted molar refractivity (Wildman–Crippen MR) is 33.1 cm³/mol. The van der Waals surface area contributed by atoms with Crippen molar-refractivity contribution in [3.05, 3.63) is 0 Å². The van der Waals surface area contributed by atoms with Crippen molar-refractivity contribution in [3.63, 3.8) is 0 Å². The van der Waals surface area contributed by atoms with Crippen LogP contribution >= 0.6 is 0 Å². The van der Waals surface area contributed by atoms with E-state index >= 15 is 0 Å². The molecule has 2 amide bonds. The highest BCUT2D eigenvalue weighted by Crippen LogP contribution is 1.59. The number of amides is 2. The molecule has 0 bridgehead atoms. The molecule has 9 heavy (non-hydrogen) atoms. The van der Waals surface area contributed by atoms with Crippen LogP contribution in [0.3, 0.4) is 0 Å². The maximum Gasteiger partial charge on any atom is 0.315 e. The number of aldehydes is 1. The highest BCUT2D eigenvalue weighted by Gasteiger charge is 1.92. The molecule has 0 aromatic rings. The molecule has 0 aromatic heterocycles. The second-order valence-electron chi connectivity index (χ2n) is 1.41. The second-order valence-corrected chi connectivity index (χ2v) is 1.41. The first-order valence-corrected chi connectivity index (χ1v) is 2.76. The molecule has 0 saturated heterocycles. The fourth-order valence-corrected chi connectivity index (χ4v) is 0.357. The lowest BCUT2D eigenvalue weighted by atomic mass is 10.7. The first-order chi connectivity index (χ1) is 4.31.